The fourth-order valence-corrected chi connectivity index (χ4v) is 3.39. The number of ether oxygens (including phenoxy) is 1. The molecule has 2 atom stereocenters. The summed E-state index contributed by atoms with van der Waals surface area (Å²) in [7, 11) is 3.47. The van der Waals surface area contributed by atoms with E-state index in [-0.39, 0.29) is 5.69 Å². The summed E-state index contributed by atoms with van der Waals surface area (Å²) in [6.07, 6.45) is -0.0683. The Hall–Kier alpha value is -3.72. The third kappa shape index (κ3) is 5.12. The first kappa shape index (κ1) is 23.0. The number of carboxylic acids is 1. The van der Waals surface area contributed by atoms with Crippen molar-refractivity contribution in [2.45, 2.75) is 32.4 Å². The Morgan fingerprint density at radius 2 is 1.94 bits per heavy atom. The largest absolute Gasteiger partial charge is 0.483 e. The van der Waals surface area contributed by atoms with Gasteiger partial charge in [0, 0.05) is 23.3 Å². The van der Waals surface area contributed by atoms with Crippen molar-refractivity contribution in [1.29, 1.82) is 0 Å². The molecule has 0 aliphatic heterocycles. The minimum Gasteiger partial charge on any atom is -0.483 e. The molecule has 1 N–H and O–H groups in total. The van der Waals surface area contributed by atoms with Crippen molar-refractivity contribution in [2.75, 3.05) is 14.1 Å². The van der Waals surface area contributed by atoms with Crippen molar-refractivity contribution < 1.29 is 24.1 Å². The van der Waals surface area contributed by atoms with Crippen molar-refractivity contribution in [2.24, 2.45) is 0 Å². The third-order valence-electron chi connectivity index (χ3n) is 5.28. The van der Waals surface area contributed by atoms with E-state index in [1.807, 2.05) is 19.1 Å². The first-order chi connectivity index (χ1) is 15.2. The second kappa shape index (κ2) is 9.61. The van der Waals surface area contributed by atoms with Crippen LogP contribution in [0.5, 0.6) is 5.75 Å². The molecule has 1 heterocycles. The van der Waals surface area contributed by atoms with Crippen LogP contribution < -0.4 is 4.74 Å². The molecular weight excluding hydrogens is 414 g/mol. The fraction of sp³-hybridized carbons (Fsp3) is 0.304. The van der Waals surface area contributed by atoms with Crippen LogP contribution in [0.4, 0.5) is 5.69 Å². The van der Waals surface area contributed by atoms with E-state index in [1.54, 1.807) is 56.3 Å². The van der Waals surface area contributed by atoms with Gasteiger partial charge >= 0.3 is 5.97 Å². The molecule has 0 saturated carbocycles. The number of benzene rings is 2. The highest BCUT2D eigenvalue weighted by Gasteiger charge is 2.21. The van der Waals surface area contributed by atoms with E-state index in [0.29, 0.717) is 34.8 Å². The van der Waals surface area contributed by atoms with Gasteiger partial charge in [-0.05, 0) is 52.1 Å². The van der Waals surface area contributed by atoms with Crippen LogP contribution in [0, 0.1) is 17.0 Å². The number of hydrogen-bond acceptors (Lipinski definition) is 7. The zero-order chi connectivity index (χ0) is 23.4. The lowest BCUT2D eigenvalue weighted by molar-refractivity contribution is -0.385. The van der Waals surface area contributed by atoms with Crippen molar-refractivity contribution in [3.8, 4) is 17.0 Å². The molecule has 0 bridgehead atoms. The SMILES string of the molecule is Cc1c(-c2cc([C@H](C)Oc3ccc(C[C@@H](C(=O)O)N(C)C)cc3)on2)cccc1[N+](=O)[O-]. The minimum absolute atomic E-state index is 0.0239. The Bertz CT molecular complexity index is 1110. The van der Waals surface area contributed by atoms with Crippen LogP contribution >= 0.6 is 0 Å². The van der Waals surface area contributed by atoms with Gasteiger partial charge in [-0.1, -0.05) is 29.4 Å². The van der Waals surface area contributed by atoms with E-state index in [1.165, 1.54) is 6.07 Å². The summed E-state index contributed by atoms with van der Waals surface area (Å²) >= 11 is 0. The summed E-state index contributed by atoms with van der Waals surface area (Å²) in [4.78, 5) is 23.8. The lowest BCUT2D eigenvalue weighted by atomic mass is 10.0. The molecule has 0 aliphatic rings. The van der Waals surface area contributed by atoms with Crippen molar-refractivity contribution >= 4 is 11.7 Å². The zero-order valence-electron chi connectivity index (χ0n) is 18.3. The number of carboxylic acid groups (broad SMARTS) is 1. The molecule has 0 unspecified atom stereocenters. The number of nitro groups is 1. The molecule has 9 heteroatoms. The molecule has 0 saturated heterocycles. The Kier molecular flexibility index (Phi) is 6.89. The Morgan fingerprint density at radius 1 is 1.25 bits per heavy atom. The van der Waals surface area contributed by atoms with E-state index in [4.69, 9.17) is 9.26 Å². The van der Waals surface area contributed by atoms with Crippen molar-refractivity contribution in [1.82, 2.24) is 10.1 Å². The first-order valence-electron chi connectivity index (χ1n) is 10.0. The van der Waals surface area contributed by atoms with Crippen LogP contribution in [0.3, 0.4) is 0 Å². The predicted molar refractivity (Wildman–Crippen MR) is 118 cm³/mol. The molecule has 0 fully saturated rings. The molecule has 0 spiro atoms. The molecule has 0 radical (unpaired) electrons. The molecule has 3 rings (SSSR count). The molecule has 0 amide bonds. The number of likely N-dealkylation sites (N-methyl/N-ethyl adjacent to an activating group) is 1. The Morgan fingerprint density at radius 3 is 2.53 bits per heavy atom. The number of aliphatic carboxylic acids is 1. The number of carbonyl (C=O) groups is 1. The standard InChI is InChI=1S/C23H25N3O6/c1-14-18(6-5-7-20(14)26(29)30)19-13-22(32-24-19)15(2)31-17-10-8-16(9-11-17)12-21(23(27)28)25(3)4/h5-11,13,15,21H,12H2,1-4H3,(H,27,28)/t15-,21-/m0/s1. The Balaban J connectivity index is 1.71. The van der Waals surface area contributed by atoms with Gasteiger partial charge in [0.15, 0.2) is 11.9 Å². The van der Waals surface area contributed by atoms with E-state index in [2.05, 4.69) is 5.16 Å². The maximum atomic E-state index is 11.4. The third-order valence-corrected chi connectivity index (χ3v) is 5.28. The van der Waals surface area contributed by atoms with E-state index in [9.17, 15) is 20.0 Å². The van der Waals surface area contributed by atoms with Gasteiger partial charge in [0.05, 0.1) is 4.92 Å². The second-order valence-electron chi connectivity index (χ2n) is 7.75. The summed E-state index contributed by atoms with van der Waals surface area (Å²) in [5.74, 6) is 0.208. The molecule has 2 aromatic carbocycles. The quantitative estimate of drug-likeness (QED) is 0.388. The van der Waals surface area contributed by atoms with E-state index in [0.717, 1.165) is 5.56 Å². The van der Waals surface area contributed by atoms with Crippen LogP contribution in [0.2, 0.25) is 0 Å². The topological polar surface area (TPSA) is 119 Å². The lowest BCUT2D eigenvalue weighted by Crippen LogP contribution is -2.37. The molecule has 9 nitrogen and oxygen atoms in total. The van der Waals surface area contributed by atoms with Crippen LogP contribution in [0.25, 0.3) is 11.3 Å². The average Bonchev–Trinajstić information content (AvgIpc) is 3.22. The number of aromatic nitrogens is 1. The maximum Gasteiger partial charge on any atom is 0.321 e. The van der Waals surface area contributed by atoms with Gasteiger partial charge in [-0.15, -0.1) is 0 Å². The van der Waals surface area contributed by atoms with Gasteiger partial charge in [-0.3, -0.25) is 19.8 Å². The molecule has 3 aromatic rings. The number of rotatable bonds is 9. The highest BCUT2D eigenvalue weighted by atomic mass is 16.6. The van der Waals surface area contributed by atoms with Gasteiger partial charge in [0.2, 0.25) is 0 Å². The van der Waals surface area contributed by atoms with E-state index < -0.39 is 23.0 Å². The summed E-state index contributed by atoms with van der Waals surface area (Å²) in [5, 5.41) is 24.6. The normalized spacial score (nSPS) is 13.0. The Labute approximate surface area is 185 Å². The predicted octanol–water partition coefficient (Wildman–Crippen LogP) is 4.26. The van der Waals surface area contributed by atoms with Gasteiger partial charge < -0.3 is 14.4 Å². The van der Waals surface area contributed by atoms with Gasteiger partial charge in [-0.2, -0.15) is 0 Å². The second-order valence-corrected chi connectivity index (χ2v) is 7.75. The van der Waals surface area contributed by atoms with Gasteiger partial charge in [0.25, 0.3) is 5.69 Å². The van der Waals surface area contributed by atoms with Crippen LogP contribution in [0.15, 0.2) is 53.1 Å². The smallest absolute Gasteiger partial charge is 0.321 e. The van der Waals surface area contributed by atoms with Crippen molar-refractivity contribution in [3.63, 3.8) is 0 Å². The first-order valence-corrected chi connectivity index (χ1v) is 10.0. The molecular formula is C23H25N3O6. The molecule has 32 heavy (non-hydrogen) atoms. The van der Waals surface area contributed by atoms with Crippen LogP contribution in [-0.2, 0) is 11.2 Å². The minimum atomic E-state index is -0.871. The zero-order valence-corrected chi connectivity index (χ0v) is 18.3. The van der Waals surface area contributed by atoms with Crippen molar-refractivity contribution in [3.05, 3.63) is 75.5 Å². The molecule has 0 aliphatic carbocycles. The number of nitro benzene ring substituents is 1. The van der Waals surface area contributed by atoms with Gasteiger partial charge in [0.1, 0.15) is 17.5 Å². The molecule has 1 aromatic heterocycles. The van der Waals surface area contributed by atoms with Crippen LogP contribution in [-0.4, -0.2) is 46.2 Å². The summed E-state index contributed by atoms with van der Waals surface area (Å²) in [6, 6.07) is 13.1. The summed E-state index contributed by atoms with van der Waals surface area (Å²) in [6.45, 7) is 3.49. The monoisotopic (exact) mass is 439 g/mol. The highest BCUT2D eigenvalue weighted by molar-refractivity contribution is 5.73. The van der Waals surface area contributed by atoms with Gasteiger partial charge in [-0.25, -0.2) is 0 Å². The average molecular weight is 439 g/mol. The van der Waals surface area contributed by atoms with Crippen LogP contribution in [0.1, 0.15) is 29.9 Å². The number of hydrogen-bond donors (Lipinski definition) is 1. The summed E-state index contributed by atoms with van der Waals surface area (Å²) in [5.41, 5.74) is 2.54. The fourth-order valence-electron chi connectivity index (χ4n) is 3.39. The highest BCUT2D eigenvalue weighted by Crippen LogP contribution is 2.31. The molecule has 168 valence electrons. The number of nitrogens with zero attached hydrogens (tertiary/aromatic N) is 3. The lowest BCUT2D eigenvalue weighted by Gasteiger charge is -2.20. The van der Waals surface area contributed by atoms with E-state index >= 15 is 0 Å². The maximum absolute atomic E-state index is 11.4. The summed E-state index contributed by atoms with van der Waals surface area (Å²) < 4.78 is 11.3.